The van der Waals surface area contributed by atoms with E-state index in [9.17, 15) is 0 Å². The van der Waals surface area contributed by atoms with Crippen LogP contribution in [0, 0.1) is 4.77 Å². The minimum atomic E-state index is 0.141. The number of nitrogens with zero attached hydrogens (tertiary/aromatic N) is 2. The number of aromatic amines is 1. The maximum absolute atomic E-state index is 5.72. The molecular formula is C8H14N4S. The lowest BCUT2D eigenvalue weighted by Crippen LogP contribution is -2.20. The van der Waals surface area contributed by atoms with Gasteiger partial charge < -0.3 is 10.3 Å². The number of hydrogen-bond donors (Lipinski definition) is 2. The quantitative estimate of drug-likeness (QED) is 0.717. The molecule has 1 fully saturated rings. The first-order chi connectivity index (χ1) is 6.18. The lowest BCUT2D eigenvalue weighted by Gasteiger charge is -2.06. The Balaban J connectivity index is 2.28. The summed E-state index contributed by atoms with van der Waals surface area (Å²) in [5, 5.41) is 7.01. The molecule has 0 saturated heterocycles. The van der Waals surface area contributed by atoms with Crippen molar-refractivity contribution in [2.24, 2.45) is 5.73 Å². The SMILES string of the molecule is CC(N)Cc1n[nH]c(=S)n1C1CC1. The van der Waals surface area contributed by atoms with Crippen molar-refractivity contribution in [3.63, 3.8) is 0 Å². The van der Waals surface area contributed by atoms with Crippen LogP contribution in [0.4, 0.5) is 0 Å². The lowest BCUT2D eigenvalue weighted by molar-refractivity contribution is 0.624. The summed E-state index contributed by atoms with van der Waals surface area (Å²) >= 11 is 5.15. The normalized spacial score (nSPS) is 18.9. The minimum absolute atomic E-state index is 0.141. The Labute approximate surface area is 82.1 Å². The van der Waals surface area contributed by atoms with Crippen molar-refractivity contribution in [1.82, 2.24) is 14.8 Å². The van der Waals surface area contributed by atoms with Gasteiger partial charge in [0, 0.05) is 18.5 Å². The highest BCUT2D eigenvalue weighted by Crippen LogP contribution is 2.35. The molecule has 5 heteroatoms. The van der Waals surface area contributed by atoms with Crippen molar-refractivity contribution >= 4 is 12.2 Å². The third-order valence-corrected chi connectivity index (χ3v) is 2.48. The Morgan fingerprint density at radius 1 is 1.77 bits per heavy atom. The molecule has 0 aliphatic heterocycles. The minimum Gasteiger partial charge on any atom is -0.328 e. The van der Waals surface area contributed by atoms with Crippen LogP contribution in [0.1, 0.15) is 31.6 Å². The summed E-state index contributed by atoms with van der Waals surface area (Å²) in [4.78, 5) is 0. The average Bonchev–Trinajstić information content (AvgIpc) is 2.79. The van der Waals surface area contributed by atoms with Crippen molar-refractivity contribution in [2.45, 2.75) is 38.3 Å². The van der Waals surface area contributed by atoms with E-state index in [1.165, 1.54) is 12.8 Å². The highest BCUT2D eigenvalue weighted by Gasteiger charge is 2.27. The molecule has 0 amide bonds. The molecule has 4 nitrogen and oxygen atoms in total. The predicted molar refractivity (Wildman–Crippen MR) is 53.0 cm³/mol. The van der Waals surface area contributed by atoms with Crippen molar-refractivity contribution in [2.75, 3.05) is 0 Å². The Morgan fingerprint density at radius 2 is 2.46 bits per heavy atom. The summed E-state index contributed by atoms with van der Waals surface area (Å²) in [7, 11) is 0. The van der Waals surface area contributed by atoms with E-state index in [0.29, 0.717) is 6.04 Å². The van der Waals surface area contributed by atoms with Gasteiger partial charge in [-0.3, -0.25) is 5.10 Å². The standard InChI is InChI=1S/C8H14N4S/c1-5(9)4-7-10-11-8(13)12(7)6-2-3-6/h5-6H,2-4,9H2,1H3,(H,11,13). The zero-order valence-electron chi connectivity index (χ0n) is 7.66. The third kappa shape index (κ3) is 1.81. The van der Waals surface area contributed by atoms with Crippen molar-refractivity contribution in [3.8, 4) is 0 Å². The van der Waals surface area contributed by atoms with Crippen LogP contribution in [0.2, 0.25) is 0 Å². The Morgan fingerprint density at radius 3 is 3.00 bits per heavy atom. The van der Waals surface area contributed by atoms with Gasteiger partial charge in [0.15, 0.2) is 4.77 Å². The van der Waals surface area contributed by atoms with Crippen LogP contribution in [0.5, 0.6) is 0 Å². The molecule has 1 saturated carbocycles. The molecule has 1 aromatic heterocycles. The zero-order valence-corrected chi connectivity index (χ0v) is 8.47. The van der Waals surface area contributed by atoms with E-state index in [1.807, 2.05) is 6.92 Å². The molecular weight excluding hydrogens is 184 g/mol. The molecule has 1 atom stereocenters. The number of nitrogens with two attached hydrogens (primary N) is 1. The van der Waals surface area contributed by atoms with Gasteiger partial charge in [-0.1, -0.05) is 0 Å². The maximum atomic E-state index is 5.72. The van der Waals surface area contributed by atoms with E-state index in [0.717, 1.165) is 17.0 Å². The molecule has 1 heterocycles. The number of nitrogens with one attached hydrogen (secondary N) is 1. The van der Waals surface area contributed by atoms with Crippen molar-refractivity contribution in [1.29, 1.82) is 0 Å². The molecule has 72 valence electrons. The first-order valence-corrected chi connectivity index (χ1v) is 5.00. The molecule has 0 spiro atoms. The van der Waals surface area contributed by atoms with Gasteiger partial charge in [-0.15, -0.1) is 0 Å². The van der Waals surface area contributed by atoms with Crippen molar-refractivity contribution in [3.05, 3.63) is 10.6 Å². The van der Waals surface area contributed by atoms with Crippen molar-refractivity contribution < 1.29 is 0 Å². The Bertz CT molecular complexity index is 347. The van der Waals surface area contributed by atoms with E-state index in [-0.39, 0.29) is 6.04 Å². The summed E-state index contributed by atoms with van der Waals surface area (Å²) in [6.45, 7) is 1.98. The van der Waals surface area contributed by atoms with Gasteiger partial charge in [0.1, 0.15) is 5.82 Å². The first-order valence-electron chi connectivity index (χ1n) is 4.60. The van der Waals surface area contributed by atoms with Crippen LogP contribution in [-0.2, 0) is 6.42 Å². The van der Waals surface area contributed by atoms with Crippen LogP contribution < -0.4 is 5.73 Å². The number of H-pyrrole nitrogens is 1. The number of aromatic nitrogens is 3. The molecule has 3 N–H and O–H groups in total. The predicted octanol–water partition coefficient (Wildman–Crippen LogP) is 1.17. The van der Waals surface area contributed by atoms with Gasteiger partial charge in [0.2, 0.25) is 0 Å². The second-order valence-electron chi connectivity index (χ2n) is 3.73. The average molecular weight is 198 g/mol. The Kier molecular flexibility index (Phi) is 2.21. The van der Waals surface area contributed by atoms with Gasteiger partial charge in [-0.05, 0) is 32.0 Å². The lowest BCUT2D eigenvalue weighted by atomic mass is 10.2. The molecule has 0 bridgehead atoms. The van der Waals surface area contributed by atoms with Gasteiger partial charge in [-0.25, -0.2) is 0 Å². The topological polar surface area (TPSA) is 59.6 Å². The van der Waals surface area contributed by atoms with Crippen LogP contribution in [0.25, 0.3) is 0 Å². The first kappa shape index (κ1) is 8.90. The molecule has 1 aromatic rings. The van der Waals surface area contributed by atoms with Gasteiger partial charge in [0.25, 0.3) is 0 Å². The largest absolute Gasteiger partial charge is 0.328 e. The second-order valence-corrected chi connectivity index (χ2v) is 4.11. The zero-order chi connectivity index (χ0) is 9.42. The Hall–Kier alpha value is -0.680. The molecule has 2 rings (SSSR count). The summed E-state index contributed by atoms with van der Waals surface area (Å²) in [6, 6.07) is 0.725. The van der Waals surface area contributed by atoms with Crippen LogP contribution in [-0.4, -0.2) is 20.8 Å². The van der Waals surface area contributed by atoms with E-state index < -0.39 is 0 Å². The number of hydrogen-bond acceptors (Lipinski definition) is 3. The van der Waals surface area contributed by atoms with E-state index in [2.05, 4.69) is 14.8 Å². The molecule has 13 heavy (non-hydrogen) atoms. The molecule has 1 aliphatic carbocycles. The molecule has 0 aromatic carbocycles. The fraction of sp³-hybridized carbons (Fsp3) is 0.750. The van der Waals surface area contributed by atoms with E-state index in [4.69, 9.17) is 18.0 Å². The summed E-state index contributed by atoms with van der Waals surface area (Å²) < 4.78 is 2.84. The molecule has 1 unspecified atom stereocenters. The van der Waals surface area contributed by atoms with Crippen LogP contribution >= 0.6 is 12.2 Å². The van der Waals surface area contributed by atoms with E-state index in [1.54, 1.807) is 0 Å². The smallest absolute Gasteiger partial charge is 0.195 e. The fourth-order valence-corrected chi connectivity index (χ4v) is 1.78. The third-order valence-electron chi connectivity index (χ3n) is 2.19. The summed E-state index contributed by atoms with van der Waals surface area (Å²) in [5.41, 5.74) is 5.72. The van der Waals surface area contributed by atoms with Crippen LogP contribution in [0.15, 0.2) is 0 Å². The van der Waals surface area contributed by atoms with Gasteiger partial charge in [0.05, 0.1) is 0 Å². The highest BCUT2D eigenvalue weighted by atomic mass is 32.1. The van der Waals surface area contributed by atoms with Gasteiger partial charge >= 0.3 is 0 Å². The van der Waals surface area contributed by atoms with E-state index >= 15 is 0 Å². The highest BCUT2D eigenvalue weighted by molar-refractivity contribution is 7.71. The molecule has 1 aliphatic rings. The molecule has 0 radical (unpaired) electrons. The maximum Gasteiger partial charge on any atom is 0.195 e. The second kappa shape index (κ2) is 3.23. The summed E-state index contributed by atoms with van der Waals surface area (Å²) in [5.74, 6) is 1.00. The summed E-state index contributed by atoms with van der Waals surface area (Å²) in [6.07, 6.45) is 3.24. The van der Waals surface area contributed by atoms with Crippen LogP contribution in [0.3, 0.4) is 0 Å². The van der Waals surface area contributed by atoms with Gasteiger partial charge in [-0.2, -0.15) is 5.10 Å². The number of rotatable bonds is 3. The monoisotopic (exact) mass is 198 g/mol. The fourth-order valence-electron chi connectivity index (χ4n) is 1.48.